The second kappa shape index (κ2) is 8.30. The highest BCUT2D eigenvalue weighted by Gasteiger charge is 2.20. The van der Waals surface area contributed by atoms with Crippen LogP contribution in [0.4, 0.5) is 4.79 Å². The van der Waals surface area contributed by atoms with Crippen LogP contribution < -0.4 is 10.6 Å². The zero-order valence-electron chi connectivity index (χ0n) is 14.0. The zero-order valence-corrected chi connectivity index (χ0v) is 14.8. The Kier molecular flexibility index (Phi) is 5.87. The molecule has 1 atom stereocenters. The average Bonchev–Trinajstić information content (AvgIpc) is 3.23. The molecule has 0 aromatic carbocycles. The largest absolute Gasteiger partial charge is 0.361 e. The van der Waals surface area contributed by atoms with Crippen LogP contribution in [0.1, 0.15) is 29.2 Å². The van der Waals surface area contributed by atoms with E-state index in [0.29, 0.717) is 19.0 Å². The fraction of sp³-hybridized carbons (Fsp3) is 0.529. The number of aromatic nitrogens is 1. The summed E-state index contributed by atoms with van der Waals surface area (Å²) in [5.74, 6) is 1.26. The minimum atomic E-state index is -0.147. The molecule has 0 saturated carbocycles. The highest BCUT2D eigenvalue weighted by Crippen LogP contribution is 2.19. The van der Waals surface area contributed by atoms with Crippen LogP contribution in [0, 0.1) is 12.8 Å². The number of aryl methyl sites for hydroxylation is 1. The second-order valence-electron chi connectivity index (χ2n) is 6.32. The van der Waals surface area contributed by atoms with Gasteiger partial charge in [0.2, 0.25) is 0 Å². The summed E-state index contributed by atoms with van der Waals surface area (Å²) >= 11 is 1.81. The van der Waals surface area contributed by atoms with E-state index in [1.165, 1.54) is 17.7 Å². The van der Waals surface area contributed by atoms with Crippen LogP contribution in [0.15, 0.2) is 28.1 Å². The first-order chi connectivity index (χ1) is 11.7. The predicted molar refractivity (Wildman–Crippen MR) is 93.8 cm³/mol. The lowest BCUT2D eigenvalue weighted by Gasteiger charge is -2.32. The molecule has 0 bridgehead atoms. The Morgan fingerprint density at radius 1 is 1.50 bits per heavy atom. The average molecular weight is 348 g/mol. The van der Waals surface area contributed by atoms with Gasteiger partial charge in [0.15, 0.2) is 0 Å². The Labute approximate surface area is 146 Å². The lowest BCUT2D eigenvalue weighted by Crippen LogP contribution is -2.43. The van der Waals surface area contributed by atoms with E-state index in [1.807, 2.05) is 24.3 Å². The van der Waals surface area contributed by atoms with Crippen molar-refractivity contribution in [3.8, 4) is 0 Å². The second-order valence-corrected chi connectivity index (χ2v) is 7.35. The molecule has 2 amide bonds. The van der Waals surface area contributed by atoms with Crippen LogP contribution in [-0.2, 0) is 13.1 Å². The van der Waals surface area contributed by atoms with Crippen molar-refractivity contribution in [3.63, 3.8) is 0 Å². The Morgan fingerprint density at radius 3 is 3.17 bits per heavy atom. The smallest absolute Gasteiger partial charge is 0.315 e. The number of hydrogen-bond acceptors (Lipinski definition) is 5. The van der Waals surface area contributed by atoms with Crippen LogP contribution >= 0.6 is 11.3 Å². The van der Waals surface area contributed by atoms with Crippen molar-refractivity contribution in [2.24, 2.45) is 5.92 Å². The van der Waals surface area contributed by atoms with Gasteiger partial charge in [-0.1, -0.05) is 11.2 Å². The lowest BCUT2D eigenvalue weighted by molar-refractivity contribution is 0.166. The zero-order chi connectivity index (χ0) is 16.8. The Bertz CT molecular complexity index is 641. The summed E-state index contributed by atoms with van der Waals surface area (Å²) in [6, 6.07) is 5.96. The SMILES string of the molecule is Cc1cc(CNC(=O)NCC2CCCN(Cc3cccs3)C2)no1. The number of likely N-dealkylation sites (tertiary alicyclic amines) is 1. The van der Waals surface area contributed by atoms with E-state index in [1.54, 1.807) is 0 Å². The first-order valence-electron chi connectivity index (χ1n) is 8.37. The van der Waals surface area contributed by atoms with Gasteiger partial charge in [0.25, 0.3) is 0 Å². The van der Waals surface area contributed by atoms with Crippen LogP contribution in [0.5, 0.6) is 0 Å². The predicted octanol–water partition coefficient (Wildman–Crippen LogP) is 2.76. The molecular formula is C17H24N4O2S. The number of amides is 2. The molecule has 7 heteroatoms. The first-order valence-corrected chi connectivity index (χ1v) is 9.25. The molecule has 24 heavy (non-hydrogen) atoms. The molecule has 2 aromatic rings. The van der Waals surface area contributed by atoms with Crippen molar-refractivity contribution >= 4 is 17.4 Å². The minimum Gasteiger partial charge on any atom is -0.361 e. The van der Waals surface area contributed by atoms with Gasteiger partial charge in [-0.2, -0.15) is 0 Å². The third kappa shape index (κ3) is 5.07. The molecule has 1 saturated heterocycles. The van der Waals surface area contributed by atoms with Gasteiger partial charge in [0, 0.05) is 30.6 Å². The molecule has 0 spiro atoms. The quantitative estimate of drug-likeness (QED) is 0.842. The Balaban J connectivity index is 1.36. The maximum atomic E-state index is 11.9. The van der Waals surface area contributed by atoms with E-state index in [9.17, 15) is 4.79 Å². The van der Waals surface area contributed by atoms with Crippen molar-refractivity contribution in [3.05, 3.63) is 39.9 Å². The third-order valence-corrected chi connectivity index (χ3v) is 5.08. The maximum Gasteiger partial charge on any atom is 0.315 e. The molecule has 3 heterocycles. The van der Waals surface area contributed by atoms with Crippen LogP contribution in [0.2, 0.25) is 0 Å². The van der Waals surface area contributed by atoms with Gasteiger partial charge in [-0.05, 0) is 43.7 Å². The maximum absolute atomic E-state index is 11.9. The van der Waals surface area contributed by atoms with E-state index in [-0.39, 0.29) is 6.03 Å². The monoisotopic (exact) mass is 348 g/mol. The van der Waals surface area contributed by atoms with Gasteiger partial charge in [0.05, 0.1) is 6.54 Å². The van der Waals surface area contributed by atoms with Crippen molar-refractivity contribution < 1.29 is 9.32 Å². The molecule has 3 rings (SSSR count). The summed E-state index contributed by atoms with van der Waals surface area (Å²) in [4.78, 5) is 15.8. The van der Waals surface area contributed by atoms with Gasteiger partial charge >= 0.3 is 6.03 Å². The van der Waals surface area contributed by atoms with E-state index >= 15 is 0 Å². The van der Waals surface area contributed by atoms with Gasteiger partial charge < -0.3 is 15.2 Å². The summed E-state index contributed by atoms with van der Waals surface area (Å²) < 4.78 is 4.98. The number of rotatable bonds is 6. The molecule has 130 valence electrons. The fourth-order valence-corrected chi connectivity index (χ4v) is 3.80. The molecule has 0 aliphatic carbocycles. The van der Waals surface area contributed by atoms with E-state index in [4.69, 9.17) is 4.52 Å². The van der Waals surface area contributed by atoms with Crippen LogP contribution in [0.3, 0.4) is 0 Å². The molecule has 2 aromatic heterocycles. The third-order valence-electron chi connectivity index (χ3n) is 4.22. The summed E-state index contributed by atoms with van der Waals surface area (Å²) in [5, 5.41) is 11.8. The number of nitrogens with zero attached hydrogens (tertiary/aromatic N) is 2. The molecule has 1 aliphatic rings. The highest BCUT2D eigenvalue weighted by atomic mass is 32.1. The van der Waals surface area contributed by atoms with Gasteiger partial charge in [0.1, 0.15) is 11.5 Å². The number of urea groups is 1. The topological polar surface area (TPSA) is 70.4 Å². The van der Waals surface area contributed by atoms with E-state index in [0.717, 1.165) is 31.1 Å². The van der Waals surface area contributed by atoms with Crippen molar-refractivity contribution in [2.75, 3.05) is 19.6 Å². The van der Waals surface area contributed by atoms with E-state index in [2.05, 4.69) is 38.2 Å². The van der Waals surface area contributed by atoms with E-state index < -0.39 is 0 Å². The number of carbonyl (C=O) groups is 1. The highest BCUT2D eigenvalue weighted by molar-refractivity contribution is 7.09. The molecule has 6 nitrogen and oxygen atoms in total. The Hall–Kier alpha value is -1.86. The van der Waals surface area contributed by atoms with Gasteiger partial charge in [-0.25, -0.2) is 4.79 Å². The lowest BCUT2D eigenvalue weighted by atomic mass is 9.98. The van der Waals surface area contributed by atoms with Crippen LogP contribution in [-0.4, -0.2) is 35.7 Å². The minimum absolute atomic E-state index is 0.147. The fourth-order valence-electron chi connectivity index (χ4n) is 3.06. The standard InChI is InChI=1S/C17H24N4O2S/c1-13-8-15(20-23-13)10-19-17(22)18-9-14-4-2-6-21(11-14)12-16-5-3-7-24-16/h3,5,7-8,14H,2,4,6,9-12H2,1H3,(H2,18,19,22). The molecular weight excluding hydrogens is 324 g/mol. The Morgan fingerprint density at radius 2 is 2.42 bits per heavy atom. The summed E-state index contributed by atoms with van der Waals surface area (Å²) in [5.41, 5.74) is 0.738. The summed E-state index contributed by atoms with van der Waals surface area (Å²) in [6.45, 7) is 6.14. The summed E-state index contributed by atoms with van der Waals surface area (Å²) in [7, 11) is 0. The van der Waals surface area contributed by atoms with Crippen molar-refractivity contribution in [1.29, 1.82) is 0 Å². The normalized spacial score (nSPS) is 18.5. The molecule has 2 N–H and O–H groups in total. The number of piperidine rings is 1. The van der Waals surface area contributed by atoms with Gasteiger partial charge in [-0.3, -0.25) is 4.90 Å². The number of nitrogens with one attached hydrogen (secondary N) is 2. The molecule has 1 aliphatic heterocycles. The number of carbonyl (C=O) groups excluding carboxylic acids is 1. The number of hydrogen-bond donors (Lipinski definition) is 2. The number of thiophene rings is 1. The first kappa shape index (κ1) is 17.0. The van der Waals surface area contributed by atoms with Crippen molar-refractivity contribution in [2.45, 2.75) is 32.9 Å². The molecule has 0 radical (unpaired) electrons. The van der Waals surface area contributed by atoms with Crippen LogP contribution in [0.25, 0.3) is 0 Å². The van der Waals surface area contributed by atoms with Crippen molar-refractivity contribution in [1.82, 2.24) is 20.7 Å². The summed E-state index contributed by atoms with van der Waals surface area (Å²) in [6.07, 6.45) is 2.36. The molecule has 1 unspecified atom stereocenters. The van der Waals surface area contributed by atoms with Gasteiger partial charge in [-0.15, -0.1) is 11.3 Å². The molecule has 1 fully saturated rings.